The van der Waals surface area contributed by atoms with Crippen LogP contribution < -0.4 is 5.32 Å². The topological polar surface area (TPSA) is 212 Å². The van der Waals surface area contributed by atoms with Gasteiger partial charge in [0.1, 0.15) is 30.5 Å². The molecule has 63 heavy (non-hydrogen) atoms. The van der Waals surface area contributed by atoms with E-state index in [1.165, 1.54) is 96.0 Å². The Bertz CT molecular complexity index is 1330. The van der Waals surface area contributed by atoms with E-state index in [1.54, 1.807) is 6.08 Å². The lowest BCUT2D eigenvalue weighted by Crippen LogP contribution is -2.61. The van der Waals surface area contributed by atoms with E-state index in [-0.39, 0.29) is 6.42 Å². The molecule has 1 heterocycles. The van der Waals surface area contributed by atoms with Gasteiger partial charge in [0.05, 0.1) is 25.4 Å². The van der Waals surface area contributed by atoms with Gasteiger partial charge in [0.15, 0.2) is 6.29 Å². The average Bonchev–Trinajstić information content (AvgIpc) is 3.25. The quantitative estimate of drug-likeness (QED) is 0.0174. The van der Waals surface area contributed by atoms with Gasteiger partial charge in [-0.25, -0.2) is 4.18 Å². The maximum absolute atomic E-state index is 13.1. The molecule has 1 saturated heterocycles. The van der Waals surface area contributed by atoms with Crippen LogP contribution in [0.4, 0.5) is 0 Å². The highest BCUT2D eigenvalue weighted by Gasteiger charge is 2.48. The Labute approximate surface area is 381 Å². The third-order valence-electron chi connectivity index (χ3n) is 11.4. The number of amides is 1. The number of hydrogen-bond donors (Lipinski definition) is 7. The number of nitrogens with one attached hydrogen (secondary N) is 1. The molecule has 0 radical (unpaired) electrons. The summed E-state index contributed by atoms with van der Waals surface area (Å²) in [5, 5.41) is 55.3. The lowest BCUT2D eigenvalue weighted by Gasteiger charge is -2.41. The minimum Gasteiger partial charge on any atom is -0.394 e. The highest BCUT2D eigenvalue weighted by molar-refractivity contribution is 7.80. The Morgan fingerprint density at radius 2 is 1.11 bits per heavy atom. The molecule has 8 atom stereocenters. The van der Waals surface area contributed by atoms with Gasteiger partial charge < -0.3 is 40.3 Å². The zero-order valence-corrected chi connectivity index (χ0v) is 39.8. The van der Waals surface area contributed by atoms with Gasteiger partial charge in [0, 0.05) is 0 Å². The smallest absolute Gasteiger partial charge is 0.394 e. The number of carbonyl (C=O) groups is 1. The number of hydrogen-bond acceptors (Lipinski definition) is 11. The molecule has 14 heteroatoms. The maximum Gasteiger partial charge on any atom is 0.397 e. The van der Waals surface area contributed by atoms with Gasteiger partial charge in [-0.05, 0) is 64.2 Å². The Hall–Kier alpha value is -1.98. The number of rotatable bonds is 41. The minimum absolute atomic E-state index is 0.223. The standard InChI is InChI=1S/C49H89NO12S/c1-3-5-7-9-11-13-15-17-19-21-22-24-25-27-29-31-33-35-37-42(52)41(40-60-49-46(55)47(62-63(57,58)59)45(54)44(39-51)61-49)50-48(56)43(53)38-36-34-32-30-28-26-23-20-18-16-14-12-10-8-6-4-2/h12,14,18,20,27,29,35,37,41-47,49,51-55H,3-11,13,15-17,19,21-26,28,30-34,36,38-40H2,1-2H3,(H,50,56)(H,57,58,59)/b14-12-,20-18-,29-27+,37-35+. The zero-order chi connectivity index (χ0) is 46.4. The maximum atomic E-state index is 13.1. The van der Waals surface area contributed by atoms with Gasteiger partial charge in [-0.15, -0.1) is 0 Å². The second kappa shape index (κ2) is 39.2. The fraction of sp³-hybridized carbons (Fsp3) is 0.816. The van der Waals surface area contributed by atoms with Crippen molar-refractivity contribution in [1.82, 2.24) is 5.32 Å². The molecule has 1 amide bonds. The van der Waals surface area contributed by atoms with Crippen LogP contribution >= 0.6 is 0 Å². The number of aliphatic hydroxyl groups excluding tert-OH is 5. The summed E-state index contributed by atoms with van der Waals surface area (Å²) in [6, 6.07) is -1.14. The van der Waals surface area contributed by atoms with Crippen LogP contribution in [0.3, 0.4) is 0 Å². The van der Waals surface area contributed by atoms with E-state index in [4.69, 9.17) is 9.47 Å². The largest absolute Gasteiger partial charge is 0.397 e. The number of carbonyl (C=O) groups excluding carboxylic acids is 1. The summed E-state index contributed by atoms with van der Waals surface area (Å²) in [5.41, 5.74) is 0. The molecule has 0 aromatic heterocycles. The van der Waals surface area contributed by atoms with Crippen molar-refractivity contribution in [2.24, 2.45) is 0 Å². The third-order valence-corrected chi connectivity index (χ3v) is 11.9. The van der Waals surface area contributed by atoms with E-state index < -0.39 is 78.5 Å². The predicted molar refractivity (Wildman–Crippen MR) is 251 cm³/mol. The van der Waals surface area contributed by atoms with Crippen LogP contribution in [-0.2, 0) is 28.9 Å². The molecule has 0 saturated carbocycles. The second-order valence-electron chi connectivity index (χ2n) is 17.2. The van der Waals surface area contributed by atoms with Crippen LogP contribution in [-0.4, -0.2) is 107 Å². The average molecular weight is 916 g/mol. The number of ether oxygens (including phenoxy) is 2. The molecule has 7 N–H and O–H groups in total. The van der Waals surface area contributed by atoms with E-state index in [2.05, 4.69) is 59.8 Å². The summed E-state index contributed by atoms with van der Waals surface area (Å²) in [4.78, 5) is 13.1. The van der Waals surface area contributed by atoms with Crippen LogP contribution in [0.5, 0.6) is 0 Å². The van der Waals surface area contributed by atoms with E-state index in [1.807, 2.05) is 0 Å². The molecule has 13 nitrogen and oxygen atoms in total. The van der Waals surface area contributed by atoms with Crippen molar-refractivity contribution >= 4 is 16.3 Å². The first kappa shape index (κ1) is 59.0. The summed E-state index contributed by atoms with van der Waals surface area (Å²) < 4.78 is 47.5. The van der Waals surface area contributed by atoms with Crippen molar-refractivity contribution in [3.63, 3.8) is 0 Å². The molecule has 1 aliphatic rings. The Morgan fingerprint density at radius 3 is 1.65 bits per heavy atom. The van der Waals surface area contributed by atoms with Crippen LogP contribution in [0.1, 0.15) is 194 Å². The van der Waals surface area contributed by atoms with E-state index in [0.29, 0.717) is 12.8 Å². The van der Waals surface area contributed by atoms with Crippen molar-refractivity contribution in [2.45, 2.75) is 243 Å². The molecular formula is C49H89NO12S. The molecule has 0 bridgehead atoms. The van der Waals surface area contributed by atoms with Crippen molar-refractivity contribution < 1.29 is 57.0 Å². The van der Waals surface area contributed by atoms with Crippen LogP contribution in [0.2, 0.25) is 0 Å². The van der Waals surface area contributed by atoms with Crippen molar-refractivity contribution in [1.29, 1.82) is 0 Å². The lowest BCUT2D eigenvalue weighted by molar-refractivity contribution is -0.298. The fourth-order valence-corrected chi connectivity index (χ4v) is 8.01. The van der Waals surface area contributed by atoms with Gasteiger partial charge >= 0.3 is 10.4 Å². The molecule has 0 aromatic rings. The van der Waals surface area contributed by atoms with Crippen LogP contribution in [0.25, 0.3) is 0 Å². The molecule has 1 aliphatic heterocycles. The molecule has 8 unspecified atom stereocenters. The first-order chi connectivity index (χ1) is 30.4. The number of allylic oxidation sites excluding steroid dienone is 7. The SMILES string of the molecule is CCCCC/C=C\C/C=C\CCCCCCCCC(O)C(=O)NC(COC1OC(CO)C(O)C(OS(=O)(=O)O)C1O)C(O)/C=C/CC/C=C/CCCCCCCCCCCCCC. The van der Waals surface area contributed by atoms with Gasteiger partial charge in [-0.1, -0.05) is 178 Å². The number of aliphatic hydroxyl groups is 5. The van der Waals surface area contributed by atoms with Crippen LogP contribution in [0.15, 0.2) is 48.6 Å². The first-order valence-electron chi connectivity index (χ1n) is 24.6. The van der Waals surface area contributed by atoms with Crippen LogP contribution in [0, 0.1) is 0 Å². The van der Waals surface area contributed by atoms with E-state index in [0.717, 1.165) is 70.6 Å². The van der Waals surface area contributed by atoms with Gasteiger partial charge in [0.2, 0.25) is 5.91 Å². The van der Waals surface area contributed by atoms with Gasteiger partial charge in [-0.2, -0.15) is 8.42 Å². The summed E-state index contributed by atoms with van der Waals surface area (Å²) in [5.74, 6) is -0.722. The first-order valence-corrected chi connectivity index (χ1v) is 26.0. The molecular weight excluding hydrogens is 827 g/mol. The summed E-state index contributed by atoms with van der Waals surface area (Å²) in [7, 11) is -5.13. The van der Waals surface area contributed by atoms with E-state index >= 15 is 0 Å². The molecule has 0 aliphatic carbocycles. The molecule has 0 spiro atoms. The van der Waals surface area contributed by atoms with Crippen molar-refractivity contribution in [3.8, 4) is 0 Å². The summed E-state index contributed by atoms with van der Waals surface area (Å²) in [6.45, 7) is 3.17. The van der Waals surface area contributed by atoms with Gasteiger partial charge in [-0.3, -0.25) is 9.35 Å². The van der Waals surface area contributed by atoms with Crippen molar-refractivity contribution in [3.05, 3.63) is 48.6 Å². The van der Waals surface area contributed by atoms with Gasteiger partial charge in [0.25, 0.3) is 0 Å². The highest BCUT2D eigenvalue weighted by atomic mass is 32.3. The third kappa shape index (κ3) is 31.6. The predicted octanol–water partition coefficient (Wildman–Crippen LogP) is 9.02. The Balaban J connectivity index is 2.59. The Morgan fingerprint density at radius 1 is 0.651 bits per heavy atom. The fourth-order valence-electron chi connectivity index (χ4n) is 7.51. The lowest BCUT2D eigenvalue weighted by atomic mass is 9.99. The second-order valence-corrected chi connectivity index (χ2v) is 18.2. The molecule has 0 aromatic carbocycles. The van der Waals surface area contributed by atoms with E-state index in [9.17, 15) is 43.3 Å². The number of unbranched alkanes of at least 4 members (excludes halogenated alkanes) is 22. The molecule has 1 rings (SSSR count). The monoisotopic (exact) mass is 916 g/mol. The molecule has 1 fully saturated rings. The summed E-state index contributed by atoms with van der Waals surface area (Å²) >= 11 is 0. The van der Waals surface area contributed by atoms with Crippen molar-refractivity contribution in [2.75, 3.05) is 13.2 Å². The Kier molecular flexibility index (Phi) is 36.7. The highest BCUT2D eigenvalue weighted by Crippen LogP contribution is 2.26. The normalized spacial score (nSPS) is 21.3. The summed E-state index contributed by atoms with van der Waals surface area (Å²) in [6.07, 6.45) is 36.1. The molecule has 368 valence electrons. The zero-order valence-electron chi connectivity index (χ0n) is 39.0. The minimum atomic E-state index is -5.13.